The Bertz CT molecular complexity index is 360. The highest BCUT2D eigenvalue weighted by atomic mass is 15.3. The summed E-state index contributed by atoms with van der Waals surface area (Å²) < 4.78 is 0. The van der Waals surface area contributed by atoms with Crippen LogP contribution in [0.2, 0.25) is 0 Å². The van der Waals surface area contributed by atoms with E-state index in [0.717, 1.165) is 23.9 Å². The van der Waals surface area contributed by atoms with Crippen LogP contribution >= 0.6 is 0 Å². The fourth-order valence-corrected chi connectivity index (χ4v) is 5.54. The van der Waals surface area contributed by atoms with Gasteiger partial charge >= 0.3 is 0 Å². The van der Waals surface area contributed by atoms with Crippen LogP contribution < -0.4 is 0 Å². The van der Waals surface area contributed by atoms with Crippen LogP contribution in [0.15, 0.2) is 0 Å². The third kappa shape index (κ3) is 2.13. The Morgan fingerprint density at radius 1 is 1.00 bits per heavy atom. The topological polar surface area (TPSA) is 9.72 Å². The first-order valence-electron chi connectivity index (χ1n) is 8.71. The van der Waals surface area contributed by atoms with Gasteiger partial charge in [0.15, 0.2) is 0 Å². The lowest BCUT2D eigenvalue weighted by molar-refractivity contribution is -0.0266. The maximum atomic E-state index is 2.84. The number of fused-ring (bicyclic) bond motifs is 1. The SMILES string of the molecule is CC(C)N1CCC2(C1)CN(C1CC3CN(C)CC3C1)C2. The molecule has 3 saturated heterocycles. The average molecular weight is 277 g/mol. The number of rotatable bonds is 2. The van der Waals surface area contributed by atoms with Gasteiger partial charge in [-0.05, 0) is 58.5 Å². The van der Waals surface area contributed by atoms with Crippen molar-refractivity contribution in [2.75, 3.05) is 46.3 Å². The highest BCUT2D eigenvalue weighted by Gasteiger charge is 2.52. The quantitative estimate of drug-likeness (QED) is 0.761. The van der Waals surface area contributed by atoms with Crippen LogP contribution in [0, 0.1) is 17.3 Å². The summed E-state index contributed by atoms with van der Waals surface area (Å²) in [6, 6.07) is 1.67. The second kappa shape index (κ2) is 4.69. The second-order valence-corrected chi connectivity index (χ2v) is 8.59. The van der Waals surface area contributed by atoms with E-state index >= 15 is 0 Å². The molecule has 0 amide bonds. The molecule has 4 aliphatic rings. The summed E-state index contributed by atoms with van der Waals surface area (Å²) in [6.07, 6.45) is 4.42. The van der Waals surface area contributed by atoms with Crippen molar-refractivity contribution in [1.82, 2.24) is 14.7 Å². The van der Waals surface area contributed by atoms with Crippen LogP contribution in [-0.2, 0) is 0 Å². The minimum absolute atomic E-state index is 0.679. The van der Waals surface area contributed by atoms with E-state index in [4.69, 9.17) is 0 Å². The molecule has 3 nitrogen and oxygen atoms in total. The first-order chi connectivity index (χ1) is 9.55. The summed E-state index contributed by atoms with van der Waals surface area (Å²) in [7, 11) is 2.30. The van der Waals surface area contributed by atoms with Gasteiger partial charge in [-0.3, -0.25) is 4.90 Å². The standard InChI is InChI=1S/C17H31N3/c1-13(2)19-5-4-17(10-19)11-20(12-17)16-6-14-8-18(3)9-15(14)7-16/h13-16H,4-12H2,1-3H3. The number of nitrogens with zero attached hydrogens (tertiary/aromatic N) is 3. The van der Waals surface area contributed by atoms with Gasteiger partial charge in [0.2, 0.25) is 0 Å². The van der Waals surface area contributed by atoms with Crippen LogP contribution in [0.1, 0.15) is 33.1 Å². The Morgan fingerprint density at radius 2 is 1.65 bits per heavy atom. The van der Waals surface area contributed by atoms with Gasteiger partial charge < -0.3 is 9.80 Å². The van der Waals surface area contributed by atoms with Crippen molar-refractivity contribution in [3.63, 3.8) is 0 Å². The first-order valence-corrected chi connectivity index (χ1v) is 8.71. The molecule has 0 aromatic carbocycles. The van der Waals surface area contributed by atoms with Gasteiger partial charge in [0.05, 0.1) is 0 Å². The molecule has 4 fully saturated rings. The summed E-state index contributed by atoms with van der Waals surface area (Å²) in [5, 5.41) is 0. The van der Waals surface area contributed by atoms with Crippen molar-refractivity contribution >= 4 is 0 Å². The fraction of sp³-hybridized carbons (Fsp3) is 1.00. The number of likely N-dealkylation sites (tertiary alicyclic amines) is 3. The second-order valence-electron chi connectivity index (χ2n) is 8.59. The molecule has 0 N–H and O–H groups in total. The molecule has 1 spiro atoms. The Kier molecular flexibility index (Phi) is 3.17. The Balaban J connectivity index is 1.30. The monoisotopic (exact) mass is 277 g/mol. The molecule has 0 bridgehead atoms. The molecular weight excluding hydrogens is 246 g/mol. The Morgan fingerprint density at radius 3 is 2.20 bits per heavy atom. The number of hydrogen-bond donors (Lipinski definition) is 0. The molecule has 2 unspecified atom stereocenters. The van der Waals surface area contributed by atoms with E-state index < -0.39 is 0 Å². The molecule has 0 aromatic rings. The Hall–Kier alpha value is -0.120. The Labute approximate surface area is 124 Å². The van der Waals surface area contributed by atoms with Gasteiger partial charge in [-0.1, -0.05) is 0 Å². The van der Waals surface area contributed by atoms with Crippen LogP contribution in [0.3, 0.4) is 0 Å². The maximum Gasteiger partial charge on any atom is 0.0102 e. The van der Waals surface area contributed by atoms with Crippen LogP contribution in [-0.4, -0.2) is 73.1 Å². The molecule has 1 aliphatic carbocycles. The van der Waals surface area contributed by atoms with Crippen LogP contribution in [0.5, 0.6) is 0 Å². The van der Waals surface area contributed by atoms with Gasteiger partial charge in [-0.25, -0.2) is 0 Å². The van der Waals surface area contributed by atoms with Crippen molar-refractivity contribution in [2.24, 2.45) is 17.3 Å². The largest absolute Gasteiger partial charge is 0.306 e. The van der Waals surface area contributed by atoms with E-state index in [9.17, 15) is 0 Å². The van der Waals surface area contributed by atoms with Crippen LogP contribution in [0.4, 0.5) is 0 Å². The van der Waals surface area contributed by atoms with Gasteiger partial charge in [0.1, 0.15) is 0 Å². The van der Waals surface area contributed by atoms with Crippen molar-refractivity contribution in [3.8, 4) is 0 Å². The molecule has 0 radical (unpaired) electrons. The van der Waals surface area contributed by atoms with Crippen molar-refractivity contribution in [1.29, 1.82) is 0 Å². The smallest absolute Gasteiger partial charge is 0.0102 e. The van der Waals surface area contributed by atoms with Crippen molar-refractivity contribution in [2.45, 2.75) is 45.2 Å². The summed E-state index contributed by atoms with van der Waals surface area (Å²) in [5.41, 5.74) is 0.679. The molecule has 3 heteroatoms. The summed E-state index contributed by atoms with van der Waals surface area (Å²) in [4.78, 5) is 8.07. The van der Waals surface area contributed by atoms with Crippen molar-refractivity contribution in [3.05, 3.63) is 0 Å². The molecule has 20 heavy (non-hydrogen) atoms. The minimum Gasteiger partial charge on any atom is -0.306 e. The van der Waals surface area contributed by atoms with Gasteiger partial charge in [-0.15, -0.1) is 0 Å². The van der Waals surface area contributed by atoms with Crippen LogP contribution in [0.25, 0.3) is 0 Å². The molecular formula is C17H31N3. The van der Waals surface area contributed by atoms with Gasteiger partial charge in [0.25, 0.3) is 0 Å². The lowest BCUT2D eigenvalue weighted by atomic mass is 9.78. The minimum atomic E-state index is 0.679. The zero-order chi connectivity index (χ0) is 13.9. The summed E-state index contributed by atoms with van der Waals surface area (Å²) in [5.74, 6) is 2.02. The molecule has 4 rings (SSSR count). The third-order valence-corrected chi connectivity index (χ3v) is 6.70. The van der Waals surface area contributed by atoms with E-state index in [2.05, 4.69) is 35.6 Å². The predicted octanol–water partition coefficient (Wildman–Crippen LogP) is 1.74. The zero-order valence-corrected chi connectivity index (χ0v) is 13.5. The third-order valence-electron chi connectivity index (χ3n) is 6.70. The molecule has 3 heterocycles. The number of hydrogen-bond acceptors (Lipinski definition) is 3. The lowest BCUT2D eigenvalue weighted by Gasteiger charge is -2.51. The molecule has 0 aromatic heterocycles. The molecule has 3 aliphatic heterocycles. The highest BCUT2D eigenvalue weighted by molar-refractivity contribution is 5.06. The van der Waals surface area contributed by atoms with Gasteiger partial charge in [0, 0.05) is 50.2 Å². The zero-order valence-electron chi connectivity index (χ0n) is 13.5. The lowest BCUT2D eigenvalue weighted by Crippen LogP contribution is -2.60. The average Bonchev–Trinajstić information content (AvgIpc) is 2.97. The molecule has 2 atom stereocenters. The first kappa shape index (κ1) is 13.5. The van der Waals surface area contributed by atoms with E-state index in [1.807, 2.05) is 0 Å². The molecule has 1 saturated carbocycles. The summed E-state index contributed by atoms with van der Waals surface area (Å²) >= 11 is 0. The van der Waals surface area contributed by atoms with Gasteiger partial charge in [-0.2, -0.15) is 0 Å². The molecule has 114 valence electrons. The fourth-order valence-electron chi connectivity index (χ4n) is 5.54. The summed E-state index contributed by atoms with van der Waals surface area (Å²) in [6.45, 7) is 12.9. The highest BCUT2D eigenvalue weighted by Crippen LogP contribution is 2.46. The normalized spacial score (nSPS) is 41.7. The van der Waals surface area contributed by atoms with E-state index in [-0.39, 0.29) is 0 Å². The van der Waals surface area contributed by atoms with E-state index in [1.165, 1.54) is 58.5 Å². The van der Waals surface area contributed by atoms with E-state index in [0.29, 0.717) is 5.41 Å². The maximum absolute atomic E-state index is 2.84. The predicted molar refractivity (Wildman–Crippen MR) is 82.8 cm³/mol. The van der Waals surface area contributed by atoms with Crippen molar-refractivity contribution < 1.29 is 0 Å². The van der Waals surface area contributed by atoms with E-state index in [1.54, 1.807) is 0 Å².